The third-order valence-electron chi connectivity index (χ3n) is 1.39. The summed E-state index contributed by atoms with van der Waals surface area (Å²) in [5, 5.41) is 2.31. The molecule has 0 bridgehead atoms. The number of primary amides is 1. The smallest absolute Gasteiger partial charge is 0.330 e. The fraction of sp³-hybridized carbons (Fsp3) is 0.556. The van der Waals surface area contributed by atoms with Gasteiger partial charge in [0.2, 0.25) is 0 Å². The predicted molar refractivity (Wildman–Crippen MR) is 52.6 cm³/mol. The van der Waals surface area contributed by atoms with Crippen molar-refractivity contribution in [1.82, 2.24) is 5.32 Å². The van der Waals surface area contributed by atoms with Gasteiger partial charge in [0.05, 0.1) is 6.61 Å². The number of nitrogens with two attached hydrogens (primary N) is 1. The third kappa shape index (κ3) is 8.58. The van der Waals surface area contributed by atoms with Crippen molar-refractivity contribution >= 4 is 12.0 Å². The minimum Gasteiger partial charge on any atom is -0.463 e. The van der Waals surface area contributed by atoms with E-state index < -0.39 is 12.0 Å². The number of hydrogen-bond acceptors (Lipinski definition) is 3. The minimum absolute atomic E-state index is 0.234. The largest absolute Gasteiger partial charge is 0.463 e. The summed E-state index contributed by atoms with van der Waals surface area (Å²) in [5.41, 5.74) is 4.81. The first-order chi connectivity index (χ1) is 6.66. The van der Waals surface area contributed by atoms with Crippen LogP contribution in [-0.2, 0) is 9.53 Å². The molecule has 0 atom stereocenters. The summed E-state index contributed by atoms with van der Waals surface area (Å²) in [6.07, 6.45) is 4.60. The topological polar surface area (TPSA) is 81.4 Å². The highest BCUT2D eigenvalue weighted by molar-refractivity contribution is 5.82. The molecule has 0 rings (SSSR count). The van der Waals surface area contributed by atoms with Crippen molar-refractivity contribution in [3.8, 4) is 0 Å². The molecular formula is C9H16N2O3. The third-order valence-corrected chi connectivity index (χ3v) is 1.39. The Kier molecular flexibility index (Phi) is 7.22. The van der Waals surface area contributed by atoms with E-state index in [2.05, 4.69) is 5.32 Å². The Hall–Kier alpha value is -1.52. The van der Waals surface area contributed by atoms with Crippen LogP contribution in [0.2, 0.25) is 0 Å². The van der Waals surface area contributed by atoms with Gasteiger partial charge in [-0.05, 0) is 6.42 Å². The van der Waals surface area contributed by atoms with Crippen molar-refractivity contribution in [2.24, 2.45) is 5.73 Å². The molecule has 0 aromatic rings. The van der Waals surface area contributed by atoms with Gasteiger partial charge in [-0.1, -0.05) is 19.4 Å². The molecule has 5 heteroatoms. The highest BCUT2D eigenvalue weighted by atomic mass is 16.5. The van der Waals surface area contributed by atoms with E-state index in [1.54, 1.807) is 0 Å². The zero-order valence-corrected chi connectivity index (χ0v) is 8.29. The number of hydrogen-bond donors (Lipinski definition) is 2. The second-order valence-corrected chi connectivity index (χ2v) is 2.67. The van der Waals surface area contributed by atoms with Gasteiger partial charge < -0.3 is 15.8 Å². The summed E-state index contributed by atoms with van der Waals surface area (Å²) >= 11 is 0. The number of carbonyl (C=O) groups is 2. The van der Waals surface area contributed by atoms with Crippen LogP contribution in [0.15, 0.2) is 12.2 Å². The van der Waals surface area contributed by atoms with Gasteiger partial charge in [0.1, 0.15) is 0 Å². The maximum absolute atomic E-state index is 10.9. The number of nitrogens with one attached hydrogen (secondary N) is 1. The van der Waals surface area contributed by atoms with Gasteiger partial charge in [-0.2, -0.15) is 0 Å². The highest BCUT2D eigenvalue weighted by Gasteiger charge is 1.94. The van der Waals surface area contributed by atoms with E-state index >= 15 is 0 Å². The molecule has 0 aromatic carbocycles. The lowest BCUT2D eigenvalue weighted by molar-refractivity contribution is -0.137. The molecule has 0 aliphatic carbocycles. The van der Waals surface area contributed by atoms with E-state index in [0.717, 1.165) is 12.8 Å². The second-order valence-electron chi connectivity index (χ2n) is 2.67. The van der Waals surface area contributed by atoms with Gasteiger partial charge in [0.25, 0.3) is 0 Å². The van der Waals surface area contributed by atoms with E-state index in [1.807, 2.05) is 6.92 Å². The van der Waals surface area contributed by atoms with Crippen molar-refractivity contribution in [3.05, 3.63) is 12.2 Å². The van der Waals surface area contributed by atoms with Crippen LogP contribution in [0.25, 0.3) is 0 Å². The lowest BCUT2D eigenvalue weighted by atomic mass is 10.4. The van der Waals surface area contributed by atoms with Gasteiger partial charge in [-0.15, -0.1) is 0 Å². The van der Waals surface area contributed by atoms with Crippen LogP contribution in [0.3, 0.4) is 0 Å². The standard InChI is InChI=1S/C9H16N2O3/c1-2-3-7-14-8(12)5-4-6-11-9(10)13/h4-5H,2-3,6-7H2,1H3,(H3,10,11,13)/b5-4-. The minimum atomic E-state index is -0.617. The van der Waals surface area contributed by atoms with Gasteiger partial charge in [-0.3, -0.25) is 0 Å². The van der Waals surface area contributed by atoms with Gasteiger partial charge >= 0.3 is 12.0 Å². The van der Waals surface area contributed by atoms with E-state index in [-0.39, 0.29) is 6.54 Å². The fourth-order valence-corrected chi connectivity index (χ4v) is 0.680. The number of carbonyl (C=O) groups excluding carboxylic acids is 2. The summed E-state index contributed by atoms with van der Waals surface area (Å²) in [6.45, 7) is 2.68. The summed E-state index contributed by atoms with van der Waals surface area (Å²) in [6, 6.07) is -0.617. The zero-order valence-electron chi connectivity index (χ0n) is 8.29. The molecular weight excluding hydrogens is 184 g/mol. The summed E-state index contributed by atoms with van der Waals surface area (Å²) < 4.78 is 4.82. The quantitative estimate of drug-likeness (QED) is 0.373. The molecule has 5 nitrogen and oxygen atoms in total. The van der Waals surface area contributed by atoms with Crippen LogP contribution in [0.1, 0.15) is 19.8 Å². The van der Waals surface area contributed by atoms with Gasteiger partial charge in [-0.25, -0.2) is 9.59 Å². The number of esters is 1. The Bertz CT molecular complexity index is 214. The van der Waals surface area contributed by atoms with Crippen molar-refractivity contribution in [3.63, 3.8) is 0 Å². The summed E-state index contributed by atoms with van der Waals surface area (Å²) in [7, 11) is 0. The number of urea groups is 1. The number of ether oxygens (including phenoxy) is 1. The number of amides is 2. The fourth-order valence-electron chi connectivity index (χ4n) is 0.680. The molecule has 0 saturated heterocycles. The Labute approximate surface area is 83.3 Å². The maximum Gasteiger partial charge on any atom is 0.330 e. The molecule has 0 aromatic heterocycles. The van der Waals surface area contributed by atoms with E-state index in [0.29, 0.717) is 6.61 Å². The molecule has 0 radical (unpaired) electrons. The van der Waals surface area contributed by atoms with Crippen LogP contribution >= 0.6 is 0 Å². The van der Waals surface area contributed by atoms with E-state index in [1.165, 1.54) is 12.2 Å². The van der Waals surface area contributed by atoms with Crippen LogP contribution in [0, 0.1) is 0 Å². The number of rotatable bonds is 6. The molecule has 0 fully saturated rings. The summed E-state index contributed by atoms with van der Waals surface area (Å²) in [4.78, 5) is 21.1. The van der Waals surface area contributed by atoms with Gasteiger partial charge in [0, 0.05) is 12.6 Å². The van der Waals surface area contributed by atoms with Crippen LogP contribution in [0.4, 0.5) is 4.79 Å². The van der Waals surface area contributed by atoms with Crippen molar-refractivity contribution < 1.29 is 14.3 Å². The van der Waals surface area contributed by atoms with Crippen LogP contribution < -0.4 is 11.1 Å². The van der Waals surface area contributed by atoms with Crippen molar-refractivity contribution in [1.29, 1.82) is 0 Å². The molecule has 0 saturated carbocycles. The molecule has 0 unspecified atom stereocenters. The molecule has 0 spiro atoms. The molecule has 14 heavy (non-hydrogen) atoms. The molecule has 2 amide bonds. The Morgan fingerprint density at radius 1 is 1.50 bits per heavy atom. The number of unbranched alkanes of at least 4 members (excludes halogenated alkanes) is 1. The van der Waals surface area contributed by atoms with Gasteiger partial charge in [0.15, 0.2) is 0 Å². The first-order valence-electron chi connectivity index (χ1n) is 4.53. The van der Waals surface area contributed by atoms with Crippen molar-refractivity contribution in [2.75, 3.05) is 13.2 Å². The Morgan fingerprint density at radius 3 is 2.79 bits per heavy atom. The molecule has 3 N–H and O–H groups in total. The molecule has 80 valence electrons. The lowest BCUT2D eigenvalue weighted by Crippen LogP contribution is -2.29. The molecule has 0 aliphatic rings. The second kappa shape index (κ2) is 8.10. The summed E-state index contributed by atoms with van der Waals surface area (Å²) in [5.74, 6) is -0.398. The average Bonchev–Trinajstić information content (AvgIpc) is 2.13. The Balaban J connectivity index is 3.45. The zero-order chi connectivity index (χ0) is 10.8. The first-order valence-corrected chi connectivity index (χ1v) is 4.53. The molecule has 0 heterocycles. The van der Waals surface area contributed by atoms with Crippen molar-refractivity contribution in [2.45, 2.75) is 19.8 Å². The average molecular weight is 200 g/mol. The van der Waals surface area contributed by atoms with E-state index in [4.69, 9.17) is 10.5 Å². The molecule has 0 aliphatic heterocycles. The predicted octanol–water partition coefficient (Wildman–Crippen LogP) is 0.554. The maximum atomic E-state index is 10.9. The van der Waals surface area contributed by atoms with E-state index in [9.17, 15) is 9.59 Å². The highest BCUT2D eigenvalue weighted by Crippen LogP contribution is 1.89. The lowest BCUT2D eigenvalue weighted by Gasteiger charge is -1.99. The Morgan fingerprint density at radius 2 is 2.21 bits per heavy atom. The van der Waals surface area contributed by atoms with Crippen LogP contribution in [0.5, 0.6) is 0 Å². The SMILES string of the molecule is CCCCOC(=O)/C=C\CNC(N)=O. The monoisotopic (exact) mass is 200 g/mol. The van der Waals surface area contributed by atoms with Crippen LogP contribution in [-0.4, -0.2) is 25.2 Å². The normalized spacial score (nSPS) is 10.1. The first kappa shape index (κ1) is 12.5.